The Hall–Kier alpha value is -5.10. The van der Waals surface area contributed by atoms with E-state index in [1.165, 1.54) is 0 Å². The van der Waals surface area contributed by atoms with E-state index in [4.69, 9.17) is 25.2 Å². The Labute approximate surface area is 208 Å². The van der Waals surface area contributed by atoms with Crippen molar-refractivity contribution in [2.45, 2.75) is 20.5 Å². The SMILES string of the molecule is Cc1cc(COc2ccc(OC(N)=O)cc2)cc(C)c1Oc1ccnc(Nc2ccc(C#N)cc2)n1. The first kappa shape index (κ1) is 24.0. The molecule has 0 spiro atoms. The van der Waals surface area contributed by atoms with Crippen LogP contribution in [0.2, 0.25) is 0 Å². The molecule has 0 aliphatic heterocycles. The molecular formula is C27H23N5O4. The number of anilines is 2. The number of aromatic nitrogens is 2. The van der Waals surface area contributed by atoms with E-state index in [0.29, 0.717) is 41.2 Å². The number of aryl methyl sites for hydroxylation is 2. The molecule has 0 radical (unpaired) electrons. The fourth-order valence-corrected chi connectivity index (χ4v) is 3.49. The number of ether oxygens (including phenoxy) is 3. The molecule has 9 heteroatoms. The summed E-state index contributed by atoms with van der Waals surface area (Å²) in [5, 5.41) is 12.0. The molecule has 0 atom stereocenters. The summed E-state index contributed by atoms with van der Waals surface area (Å²) >= 11 is 0. The molecule has 3 N–H and O–H groups in total. The van der Waals surface area contributed by atoms with E-state index in [9.17, 15) is 4.79 Å². The Balaban J connectivity index is 1.41. The number of nitriles is 1. The van der Waals surface area contributed by atoms with Crippen molar-refractivity contribution in [3.05, 3.63) is 95.2 Å². The molecule has 0 saturated heterocycles. The fourth-order valence-electron chi connectivity index (χ4n) is 3.49. The number of amides is 1. The van der Waals surface area contributed by atoms with Gasteiger partial charge in [0, 0.05) is 18.0 Å². The van der Waals surface area contributed by atoms with Crippen molar-refractivity contribution >= 4 is 17.7 Å². The average molecular weight is 482 g/mol. The molecule has 36 heavy (non-hydrogen) atoms. The van der Waals surface area contributed by atoms with E-state index in [1.807, 2.05) is 26.0 Å². The first-order chi connectivity index (χ1) is 17.4. The Morgan fingerprint density at radius 3 is 2.31 bits per heavy atom. The fraction of sp³-hybridized carbons (Fsp3) is 0.111. The van der Waals surface area contributed by atoms with Crippen LogP contribution in [0, 0.1) is 25.2 Å². The molecule has 3 aromatic carbocycles. The molecule has 0 aliphatic carbocycles. The van der Waals surface area contributed by atoms with Gasteiger partial charge >= 0.3 is 6.09 Å². The molecule has 0 aliphatic rings. The normalized spacial score (nSPS) is 10.2. The highest BCUT2D eigenvalue weighted by atomic mass is 16.5. The summed E-state index contributed by atoms with van der Waals surface area (Å²) in [7, 11) is 0. The molecule has 180 valence electrons. The van der Waals surface area contributed by atoms with Gasteiger partial charge in [0.2, 0.25) is 11.8 Å². The summed E-state index contributed by atoms with van der Waals surface area (Å²) in [6.45, 7) is 4.27. The van der Waals surface area contributed by atoms with Gasteiger partial charge in [-0.25, -0.2) is 9.78 Å². The first-order valence-electron chi connectivity index (χ1n) is 11.0. The summed E-state index contributed by atoms with van der Waals surface area (Å²) in [4.78, 5) is 19.5. The Morgan fingerprint density at radius 2 is 1.67 bits per heavy atom. The predicted molar refractivity (Wildman–Crippen MR) is 133 cm³/mol. The van der Waals surface area contributed by atoms with Gasteiger partial charge in [0.05, 0.1) is 11.6 Å². The maximum absolute atomic E-state index is 10.8. The van der Waals surface area contributed by atoms with E-state index in [1.54, 1.807) is 60.8 Å². The summed E-state index contributed by atoms with van der Waals surface area (Å²) < 4.78 is 16.8. The Bertz CT molecular complexity index is 1390. The van der Waals surface area contributed by atoms with Gasteiger partial charge in [-0.15, -0.1) is 0 Å². The number of benzene rings is 3. The molecule has 1 heterocycles. The zero-order valence-corrected chi connectivity index (χ0v) is 19.7. The van der Waals surface area contributed by atoms with Crippen LogP contribution in [-0.2, 0) is 6.61 Å². The number of nitrogens with two attached hydrogens (primary N) is 1. The van der Waals surface area contributed by atoms with Crippen LogP contribution in [0.5, 0.6) is 23.1 Å². The quantitative estimate of drug-likeness (QED) is 0.335. The molecule has 4 aromatic rings. The van der Waals surface area contributed by atoms with Crippen LogP contribution >= 0.6 is 0 Å². The third-order valence-electron chi connectivity index (χ3n) is 5.07. The lowest BCUT2D eigenvalue weighted by Gasteiger charge is -2.14. The molecule has 0 bridgehead atoms. The van der Waals surface area contributed by atoms with E-state index < -0.39 is 6.09 Å². The van der Waals surface area contributed by atoms with Gasteiger partial charge in [0.15, 0.2) is 0 Å². The highest BCUT2D eigenvalue weighted by Gasteiger charge is 2.11. The van der Waals surface area contributed by atoms with Crippen LogP contribution < -0.4 is 25.3 Å². The molecule has 0 unspecified atom stereocenters. The molecule has 9 nitrogen and oxygen atoms in total. The first-order valence-corrected chi connectivity index (χ1v) is 11.0. The number of carbonyl (C=O) groups excluding carboxylic acids is 1. The van der Waals surface area contributed by atoms with Crippen molar-refractivity contribution in [1.29, 1.82) is 5.26 Å². The Morgan fingerprint density at radius 1 is 1.00 bits per heavy atom. The van der Waals surface area contributed by atoms with Gasteiger partial charge in [0.25, 0.3) is 0 Å². The van der Waals surface area contributed by atoms with Crippen LogP contribution in [0.1, 0.15) is 22.3 Å². The molecule has 0 fully saturated rings. The maximum Gasteiger partial charge on any atom is 0.409 e. The lowest BCUT2D eigenvalue weighted by atomic mass is 10.1. The average Bonchev–Trinajstić information content (AvgIpc) is 2.86. The van der Waals surface area contributed by atoms with Crippen LogP contribution in [0.15, 0.2) is 72.9 Å². The number of nitrogens with one attached hydrogen (secondary N) is 1. The highest BCUT2D eigenvalue weighted by molar-refractivity contribution is 5.68. The zero-order valence-electron chi connectivity index (χ0n) is 19.7. The minimum Gasteiger partial charge on any atom is -0.489 e. The van der Waals surface area contributed by atoms with E-state index in [0.717, 1.165) is 22.4 Å². The monoisotopic (exact) mass is 481 g/mol. The lowest BCUT2D eigenvalue weighted by Crippen LogP contribution is -2.16. The predicted octanol–water partition coefficient (Wildman–Crippen LogP) is 5.54. The van der Waals surface area contributed by atoms with Gasteiger partial charge in [-0.3, -0.25) is 0 Å². The lowest BCUT2D eigenvalue weighted by molar-refractivity contribution is 0.210. The Kier molecular flexibility index (Phi) is 7.27. The van der Waals surface area contributed by atoms with Gasteiger partial charge in [-0.05, 0) is 91.2 Å². The summed E-state index contributed by atoms with van der Waals surface area (Å²) in [5.41, 5.74) is 9.18. The molecular weight excluding hydrogens is 458 g/mol. The highest BCUT2D eigenvalue weighted by Crippen LogP contribution is 2.30. The van der Waals surface area contributed by atoms with Crippen LogP contribution in [-0.4, -0.2) is 16.1 Å². The second-order valence-electron chi connectivity index (χ2n) is 7.87. The third kappa shape index (κ3) is 6.27. The van der Waals surface area contributed by atoms with Gasteiger partial charge < -0.3 is 25.3 Å². The van der Waals surface area contributed by atoms with Crippen molar-refractivity contribution in [2.24, 2.45) is 5.73 Å². The molecule has 1 aromatic heterocycles. The molecule has 1 amide bonds. The summed E-state index contributed by atoms with van der Waals surface area (Å²) in [6.07, 6.45) is 0.749. The summed E-state index contributed by atoms with van der Waals surface area (Å²) in [5.74, 6) is 2.46. The number of hydrogen-bond acceptors (Lipinski definition) is 8. The van der Waals surface area contributed by atoms with Crippen molar-refractivity contribution in [3.63, 3.8) is 0 Å². The second kappa shape index (κ2) is 10.9. The van der Waals surface area contributed by atoms with Gasteiger partial charge in [-0.2, -0.15) is 10.2 Å². The van der Waals surface area contributed by atoms with Crippen molar-refractivity contribution in [1.82, 2.24) is 9.97 Å². The van der Waals surface area contributed by atoms with Crippen LogP contribution in [0.3, 0.4) is 0 Å². The number of rotatable bonds is 8. The summed E-state index contributed by atoms with van der Waals surface area (Å²) in [6, 6.07) is 21.4. The molecule has 4 rings (SSSR count). The van der Waals surface area contributed by atoms with E-state index >= 15 is 0 Å². The van der Waals surface area contributed by atoms with E-state index in [-0.39, 0.29) is 0 Å². The number of primary amides is 1. The van der Waals surface area contributed by atoms with Gasteiger partial charge in [0.1, 0.15) is 23.9 Å². The standard InChI is InChI=1S/C27H23N5O4/c1-17-13-20(16-34-22-7-9-23(10-8-22)35-26(29)33)14-18(2)25(17)36-24-11-12-30-27(32-24)31-21-5-3-19(15-28)4-6-21/h3-14H,16H2,1-2H3,(H2,29,33)(H,30,31,32). The van der Waals surface area contributed by atoms with Crippen molar-refractivity contribution in [2.75, 3.05) is 5.32 Å². The zero-order chi connectivity index (χ0) is 25.5. The van der Waals surface area contributed by atoms with Crippen LogP contribution in [0.4, 0.5) is 16.4 Å². The second-order valence-corrected chi connectivity index (χ2v) is 7.87. The van der Waals surface area contributed by atoms with Crippen molar-refractivity contribution < 1.29 is 19.0 Å². The van der Waals surface area contributed by atoms with Crippen molar-refractivity contribution in [3.8, 4) is 29.2 Å². The van der Waals surface area contributed by atoms with Crippen LogP contribution in [0.25, 0.3) is 0 Å². The minimum absolute atomic E-state index is 0.350. The number of hydrogen-bond donors (Lipinski definition) is 2. The topological polar surface area (TPSA) is 132 Å². The largest absolute Gasteiger partial charge is 0.489 e. The maximum atomic E-state index is 10.8. The minimum atomic E-state index is -0.863. The van der Waals surface area contributed by atoms with E-state index in [2.05, 4.69) is 21.4 Å². The number of nitrogens with zero attached hydrogens (tertiary/aromatic N) is 3. The third-order valence-corrected chi connectivity index (χ3v) is 5.07. The smallest absolute Gasteiger partial charge is 0.409 e. The van der Waals surface area contributed by atoms with Gasteiger partial charge in [-0.1, -0.05) is 0 Å². The number of carbonyl (C=O) groups is 1. The molecule has 0 saturated carbocycles.